The van der Waals surface area contributed by atoms with Crippen LogP contribution >= 0.6 is 0 Å². The molecule has 0 aromatic carbocycles. The summed E-state index contributed by atoms with van der Waals surface area (Å²) < 4.78 is 5.50. The summed E-state index contributed by atoms with van der Waals surface area (Å²) in [4.78, 5) is 14.4. The van der Waals surface area contributed by atoms with Crippen molar-refractivity contribution in [2.75, 3.05) is 13.1 Å². The van der Waals surface area contributed by atoms with Crippen LogP contribution in [0.5, 0.6) is 0 Å². The van der Waals surface area contributed by atoms with Crippen LogP contribution in [0.1, 0.15) is 66.2 Å². The van der Waals surface area contributed by atoms with Gasteiger partial charge in [0.2, 0.25) is 0 Å². The fraction of sp³-hybridized carbons (Fsp3) is 0.933. The van der Waals surface area contributed by atoms with Crippen LogP contribution in [0.4, 0.5) is 0 Å². The molecule has 1 saturated heterocycles. The number of nitrogens with zero attached hydrogens (tertiary/aromatic N) is 1. The van der Waals surface area contributed by atoms with E-state index in [0.29, 0.717) is 0 Å². The molecule has 0 amide bonds. The fourth-order valence-electron chi connectivity index (χ4n) is 2.47. The molecule has 0 spiro atoms. The van der Waals surface area contributed by atoms with Gasteiger partial charge in [0.05, 0.1) is 0 Å². The predicted molar refractivity (Wildman–Crippen MR) is 74.6 cm³/mol. The van der Waals surface area contributed by atoms with E-state index in [1.54, 1.807) is 0 Å². The number of hydrogen-bond donors (Lipinski definition) is 0. The first-order valence-corrected chi connectivity index (χ1v) is 7.41. The van der Waals surface area contributed by atoms with Crippen LogP contribution in [0.3, 0.4) is 0 Å². The Labute approximate surface area is 112 Å². The Kier molecular flexibility index (Phi) is 6.13. The van der Waals surface area contributed by atoms with E-state index in [9.17, 15) is 4.79 Å². The Hall–Kier alpha value is -0.570. The Morgan fingerprint density at radius 2 is 2.00 bits per heavy atom. The van der Waals surface area contributed by atoms with Gasteiger partial charge in [0, 0.05) is 0 Å². The molecule has 3 nitrogen and oxygen atoms in total. The molecule has 0 aromatic heterocycles. The van der Waals surface area contributed by atoms with Gasteiger partial charge in [0.25, 0.3) is 0 Å². The van der Waals surface area contributed by atoms with E-state index < -0.39 is 0 Å². The number of carbonyl (C=O) groups is 1. The molecular formula is C15H29NO2. The topological polar surface area (TPSA) is 29.5 Å². The summed E-state index contributed by atoms with van der Waals surface area (Å²) in [5.41, 5.74) is -0.368. The standard InChI is InChI=1S/C15H29NO2/c1-5-6-7-8-11-16-12-9-10-13(16)14(17)18-15(2,3)4/h13H,5-12H2,1-4H3/t13-/m0/s1. The van der Waals surface area contributed by atoms with Crippen molar-refractivity contribution in [1.82, 2.24) is 4.90 Å². The maximum Gasteiger partial charge on any atom is 0.323 e. The average molecular weight is 255 g/mol. The third-order valence-corrected chi connectivity index (χ3v) is 3.34. The predicted octanol–water partition coefficient (Wildman–Crippen LogP) is 3.37. The van der Waals surface area contributed by atoms with Crippen LogP contribution in [-0.2, 0) is 9.53 Å². The van der Waals surface area contributed by atoms with Crippen molar-refractivity contribution in [3.63, 3.8) is 0 Å². The highest BCUT2D eigenvalue weighted by Gasteiger charge is 2.33. The van der Waals surface area contributed by atoms with Crippen LogP contribution in [-0.4, -0.2) is 35.6 Å². The summed E-state index contributed by atoms with van der Waals surface area (Å²) in [5.74, 6) is -0.0320. The Morgan fingerprint density at radius 3 is 2.61 bits per heavy atom. The Balaban J connectivity index is 2.36. The van der Waals surface area contributed by atoms with Crippen LogP contribution in [0.15, 0.2) is 0 Å². The first kappa shape index (κ1) is 15.5. The first-order chi connectivity index (χ1) is 8.44. The SMILES string of the molecule is CCCCCCN1CCC[C@H]1C(=O)OC(C)(C)C. The Bertz CT molecular complexity index is 258. The lowest BCUT2D eigenvalue weighted by atomic mass is 10.1. The van der Waals surface area contributed by atoms with Gasteiger partial charge in [0.15, 0.2) is 0 Å². The van der Waals surface area contributed by atoms with Gasteiger partial charge < -0.3 is 4.74 Å². The molecule has 3 heteroatoms. The van der Waals surface area contributed by atoms with Crippen molar-refractivity contribution in [3.8, 4) is 0 Å². The van der Waals surface area contributed by atoms with Crippen molar-refractivity contribution in [2.45, 2.75) is 77.9 Å². The van der Waals surface area contributed by atoms with E-state index in [-0.39, 0.29) is 17.6 Å². The lowest BCUT2D eigenvalue weighted by molar-refractivity contribution is -0.160. The van der Waals surface area contributed by atoms with Gasteiger partial charge in [-0.25, -0.2) is 0 Å². The van der Waals surface area contributed by atoms with E-state index in [1.165, 1.54) is 25.7 Å². The minimum atomic E-state index is -0.368. The molecule has 0 bridgehead atoms. The Morgan fingerprint density at radius 1 is 1.28 bits per heavy atom. The largest absolute Gasteiger partial charge is 0.459 e. The minimum absolute atomic E-state index is 0.00542. The van der Waals surface area contributed by atoms with Crippen molar-refractivity contribution in [3.05, 3.63) is 0 Å². The lowest BCUT2D eigenvalue weighted by Crippen LogP contribution is -2.40. The maximum atomic E-state index is 12.1. The zero-order valence-corrected chi connectivity index (χ0v) is 12.5. The molecule has 0 N–H and O–H groups in total. The normalized spacial score (nSPS) is 21.2. The van der Waals surface area contributed by atoms with Crippen molar-refractivity contribution >= 4 is 5.97 Å². The van der Waals surface area contributed by atoms with Crippen molar-refractivity contribution in [1.29, 1.82) is 0 Å². The molecule has 18 heavy (non-hydrogen) atoms. The van der Waals surface area contributed by atoms with Gasteiger partial charge in [0.1, 0.15) is 11.6 Å². The van der Waals surface area contributed by atoms with Crippen LogP contribution < -0.4 is 0 Å². The van der Waals surface area contributed by atoms with Crippen molar-refractivity contribution in [2.24, 2.45) is 0 Å². The van der Waals surface area contributed by atoms with Gasteiger partial charge in [-0.2, -0.15) is 0 Å². The third kappa shape index (κ3) is 5.38. The van der Waals surface area contributed by atoms with E-state index in [1.807, 2.05) is 20.8 Å². The fourth-order valence-corrected chi connectivity index (χ4v) is 2.47. The average Bonchev–Trinajstić information content (AvgIpc) is 2.70. The molecule has 1 heterocycles. The summed E-state index contributed by atoms with van der Waals surface area (Å²) in [5, 5.41) is 0. The summed E-state index contributed by atoms with van der Waals surface area (Å²) in [6.45, 7) is 10.1. The second-order valence-electron chi connectivity index (χ2n) is 6.29. The zero-order valence-electron chi connectivity index (χ0n) is 12.5. The molecule has 0 aliphatic carbocycles. The van der Waals surface area contributed by atoms with Gasteiger partial charge >= 0.3 is 5.97 Å². The van der Waals surface area contributed by atoms with E-state index in [0.717, 1.165) is 25.9 Å². The lowest BCUT2D eigenvalue weighted by Gasteiger charge is -2.27. The van der Waals surface area contributed by atoms with Gasteiger partial charge in [-0.05, 0) is 53.1 Å². The summed E-state index contributed by atoms with van der Waals surface area (Å²) >= 11 is 0. The highest BCUT2D eigenvalue weighted by molar-refractivity contribution is 5.76. The summed E-state index contributed by atoms with van der Waals surface area (Å²) in [7, 11) is 0. The number of esters is 1. The highest BCUT2D eigenvalue weighted by atomic mass is 16.6. The number of likely N-dealkylation sites (tertiary alicyclic amines) is 1. The number of hydrogen-bond acceptors (Lipinski definition) is 3. The number of unbranched alkanes of at least 4 members (excludes halogenated alkanes) is 3. The first-order valence-electron chi connectivity index (χ1n) is 7.41. The molecule has 1 fully saturated rings. The van der Waals surface area contributed by atoms with Crippen molar-refractivity contribution < 1.29 is 9.53 Å². The van der Waals surface area contributed by atoms with Crippen LogP contribution in [0, 0.1) is 0 Å². The summed E-state index contributed by atoms with van der Waals surface area (Å²) in [6, 6.07) is 0.00542. The van der Waals surface area contributed by atoms with E-state index >= 15 is 0 Å². The molecule has 0 unspecified atom stereocenters. The monoisotopic (exact) mass is 255 g/mol. The molecule has 1 rings (SSSR count). The van der Waals surface area contributed by atoms with Gasteiger partial charge in [-0.1, -0.05) is 26.2 Å². The molecule has 106 valence electrons. The quantitative estimate of drug-likeness (QED) is 0.538. The number of carbonyl (C=O) groups excluding carboxylic acids is 1. The molecule has 1 aliphatic heterocycles. The maximum absolute atomic E-state index is 12.1. The molecule has 1 atom stereocenters. The van der Waals surface area contributed by atoms with E-state index in [4.69, 9.17) is 4.74 Å². The van der Waals surface area contributed by atoms with Gasteiger partial charge in [-0.3, -0.25) is 9.69 Å². The second-order valence-corrected chi connectivity index (χ2v) is 6.29. The van der Waals surface area contributed by atoms with Gasteiger partial charge in [-0.15, -0.1) is 0 Å². The highest BCUT2D eigenvalue weighted by Crippen LogP contribution is 2.21. The second kappa shape index (κ2) is 7.13. The smallest absolute Gasteiger partial charge is 0.323 e. The minimum Gasteiger partial charge on any atom is -0.459 e. The molecule has 1 aliphatic rings. The number of rotatable bonds is 6. The van der Waals surface area contributed by atoms with Crippen LogP contribution in [0.25, 0.3) is 0 Å². The third-order valence-electron chi connectivity index (χ3n) is 3.34. The summed E-state index contributed by atoms with van der Waals surface area (Å²) in [6.07, 6.45) is 7.11. The molecule has 0 radical (unpaired) electrons. The number of ether oxygens (including phenoxy) is 1. The molecular weight excluding hydrogens is 226 g/mol. The van der Waals surface area contributed by atoms with E-state index in [2.05, 4.69) is 11.8 Å². The molecule has 0 aromatic rings. The molecule has 0 saturated carbocycles. The van der Waals surface area contributed by atoms with Crippen LogP contribution in [0.2, 0.25) is 0 Å². The zero-order chi connectivity index (χ0) is 13.6.